The van der Waals surface area contributed by atoms with Crippen LogP contribution in [-0.4, -0.2) is 21.9 Å². The highest BCUT2D eigenvalue weighted by Gasteiger charge is 2.11. The molecule has 0 aliphatic heterocycles. The Balaban J connectivity index is 2.32. The number of aryl methyl sites for hydroxylation is 1. The molecule has 0 bridgehead atoms. The van der Waals surface area contributed by atoms with Gasteiger partial charge in [-0.25, -0.2) is 9.97 Å². The summed E-state index contributed by atoms with van der Waals surface area (Å²) < 4.78 is 0. The summed E-state index contributed by atoms with van der Waals surface area (Å²) in [5.74, 6) is 1.58. The van der Waals surface area contributed by atoms with Crippen LogP contribution in [0.15, 0.2) is 34.2 Å². The third-order valence-corrected chi connectivity index (χ3v) is 4.06. The van der Waals surface area contributed by atoms with Crippen LogP contribution in [0.3, 0.4) is 0 Å². The maximum Gasteiger partial charge on any atom is 0.269 e. The van der Waals surface area contributed by atoms with E-state index in [1.54, 1.807) is 12.1 Å². The number of hydrogen-bond donors (Lipinski definition) is 1. The van der Waals surface area contributed by atoms with Crippen LogP contribution in [-0.2, 0) is 6.42 Å². The fourth-order valence-electron chi connectivity index (χ4n) is 1.79. The molecule has 0 saturated carbocycles. The van der Waals surface area contributed by atoms with E-state index in [0.717, 1.165) is 33.5 Å². The Morgan fingerprint density at radius 1 is 1.29 bits per heavy atom. The molecule has 1 aromatic heterocycles. The number of hydrogen-bond acceptors (Lipinski definition) is 6. The molecule has 0 fully saturated rings. The van der Waals surface area contributed by atoms with E-state index in [2.05, 4.69) is 15.3 Å². The van der Waals surface area contributed by atoms with Crippen molar-refractivity contribution in [2.75, 3.05) is 12.4 Å². The van der Waals surface area contributed by atoms with E-state index in [1.807, 2.05) is 20.9 Å². The van der Waals surface area contributed by atoms with Crippen LogP contribution in [0.2, 0.25) is 0 Å². The molecule has 2 rings (SSSR count). The summed E-state index contributed by atoms with van der Waals surface area (Å²) >= 11 is 1.48. The zero-order valence-electron chi connectivity index (χ0n) is 12.1. The molecule has 1 N–H and O–H groups in total. The van der Waals surface area contributed by atoms with E-state index >= 15 is 0 Å². The molecule has 21 heavy (non-hydrogen) atoms. The van der Waals surface area contributed by atoms with Crippen LogP contribution in [0.5, 0.6) is 0 Å². The molecular weight excluding hydrogens is 288 g/mol. The van der Waals surface area contributed by atoms with Gasteiger partial charge in [0.25, 0.3) is 5.69 Å². The second-order valence-electron chi connectivity index (χ2n) is 4.38. The van der Waals surface area contributed by atoms with Crippen molar-refractivity contribution >= 4 is 23.3 Å². The van der Waals surface area contributed by atoms with E-state index in [9.17, 15) is 10.1 Å². The van der Waals surface area contributed by atoms with Gasteiger partial charge in [-0.15, -0.1) is 0 Å². The van der Waals surface area contributed by atoms with Gasteiger partial charge < -0.3 is 5.32 Å². The van der Waals surface area contributed by atoms with Gasteiger partial charge in [0.1, 0.15) is 16.7 Å². The smallest absolute Gasteiger partial charge is 0.269 e. The van der Waals surface area contributed by atoms with E-state index < -0.39 is 4.92 Å². The Morgan fingerprint density at radius 3 is 2.48 bits per heavy atom. The first-order valence-corrected chi connectivity index (χ1v) is 7.34. The predicted octanol–water partition coefficient (Wildman–Crippen LogP) is 3.45. The van der Waals surface area contributed by atoms with Gasteiger partial charge in [-0.05, 0) is 19.1 Å². The van der Waals surface area contributed by atoms with Crippen LogP contribution in [0.1, 0.15) is 18.3 Å². The molecule has 1 heterocycles. The lowest BCUT2D eigenvalue weighted by molar-refractivity contribution is -0.384. The zero-order valence-corrected chi connectivity index (χ0v) is 12.9. The van der Waals surface area contributed by atoms with Gasteiger partial charge in [-0.1, -0.05) is 18.7 Å². The Morgan fingerprint density at radius 2 is 1.95 bits per heavy atom. The largest absolute Gasteiger partial charge is 0.373 e. The molecule has 1 aromatic carbocycles. The maximum absolute atomic E-state index is 10.7. The van der Waals surface area contributed by atoms with Gasteiger partial charge in [-0.3, -0.25) is 10.1 Å². The summed E-state index contributed by atoms with van der Waals surface area (Å²) in [4.78, 5) is 20.1. The lowest BCUT2D eigenvalue weighted by atomic mass is 10.3. The first-order valence-electron chi connectivity index (χ1n) is 6.52. The van der Waals surface area contributed by atoms with Crippen molar-refractivity contribution in [3.05, 3.63) is 45.8 Å². The minimum Gasteiger partial charge on any atom is -0.373 e. The summed E-state index contributed by atoms with van der Waals surface area (Å²) in [7, 11) is 1.83. The quantitative estimate of drug-likeness (QED) is 0.517. The molecule has 0 amide bonds. The second kappa shape index (κ2) is 6.53. The molecule has 0 radical (unpaired) electrons. The topological polar surface area (TPSA) is 81.0 Å². The van der Waals surface area contributed by atoms with Crippen LogP contribution in [0, 0.1) is 17.0 Å². The van der Waals surface area contributed by atoms with Gasteiger partial charge in [0.05, 0.1) is 4.92 Å². The van der Waals surface area contributed by atoms with Crippen LogP contribution in [0.4, 0.5) is 11.5 Å². The molecule has 7 heteroatoms. The molecule has 2 aromatic rings. The number of rotatable bonds is 5. The Labute approximate surface area is 127 Å². The minimum atomic E-state index is -0.404. The molecule has 0 saturated heterocycles. The number of benzene rings is 1. The highest BCUT2D eigenvalue weighted by Crippen LogP contribution is 2.32. The van der Waals surface area contributed by atoms with Gasteiger partial charge in [0.15, 0.2) is 0 Å². The molecule has 0 aliphatic carbocycles. The molecule has 0 aliphatic rings. The SMILES string of the molecule is CCc1nc(NC)c(C)c(Sc2ccc([N+](=O)[O-])cc2)n1. The first kappa shape index (κ1) is 15.2. The van der Waals surface area contributed by atoms with Crippen molar-refractivity contribution in [2.24, 2.45) is 0 Å². The highest BCUT2D eigenvalue weighted by atomic mass is 32.2. The normalized spacial score (nSPS) is 10.4. The molecular formula is C14H16N4O2S. The average Bonchev–Trinajstić information content (AvgIpc) is 2.49. The van der Waals surface area contributed by atoms with E-state index in [4.69, 9.17) is 0 Å². The average molecular weight is 304 g/mol. The fourth-order valence-corrected chi connectivity index (χ4v) is 2.68. The Hall–Kier alpha value is -2.15. The molecule has 110 valence electrons. The summed E-state index contributed by atoms with van der Waals surface area (Å²) in [5.41, 5.74) is 1.06. The highest BCUT2D eigenvalue weighted by molar-refractivity contribution is 7.99. The number of nitro groups is 1. The Kier molecular flexibility index (Phi) is 4.74. The number of nitrogens with zero attached hydrogens (tertiary/aromatic N) is 3. The number of nitro benzene ring substituents is 1. The number of non-ortho nitro benzene ring substituents is 1. The van der Waals surface area contributed by atoms with Crippen molar-refractivity contribution in [1.82, 2.24) is 9.97 Å². The fraction of sp³-hybridized carbons (Fsp3) is 0.286. The summed E-state index contributed by atoms with van der Waals surface area (Å²) in [6.45, 7) is 3.96. The molecule has 0 spiro atoms. The van der Waals surface area contributed by atoms with Gasteiger partial charge in [0.2, 0.25) is 0 Å². The Bertz CT molecular complexity index is 659. The van der Waals surface area contributed by atoms with E-state index in [-0.39, 0.29) is 5.69 Å². The minimum absolute atomic E-state index is 0.0870. The van der Waals surface area contributed by atoms with E-state index in [1.165, 1.54) is 23.9 Å². The lowest BCUT2D eigenvalue weighted by Gasteiger charge is -2.11. The summed E-state index contributed by atoms with van der Waals surface area (Å²) in [6, 6.07) is 6.46. The molecule has 6 nitrogen and oxygen atoms in total. The van der Waals surface area contributed by atoms with Crippen molar-refractivity contribution in [3.8, 4) is 0 Å². The summed E-state index contributed by atoms with van der Waals surface area (Å²) in [6.07, 6.45) is 0.753. The van der Waals surface area contributed by atoms with Crippen LogP contribution in [0.25, 0.3) is 0 Å². The van der Waals surface area contributed by atoms with Crippen LogP contribution < -0.4 is 5.32 Å². The lowest BCUT2D eigenvalue weighted by Crippen LogP contribution is -2.04. The van der Waals surface area contributed by atoms with Crippen molar-refractivity contribution < 1.29 is 4.92 Å². The van der Waals surface area contributed by atoms with Gasteiger partial charge in [-0.2, -0.15) is 0 Å². The van der Waals surface area contributed by atoms with Crippen molar-refractivity contribution in [1.29, 1.82) is 0 Å². The first-order chi connectivity index (χ1) is 10.0. The predicted molar refractivity (Wildman–Crippen MR) is 82.9 cm³/mol. The molecule has 0 unspecified atom stereocenters. The van der Waals surface area contributed by atoms with Crippen molar-refractivity contribution in [2.45, 2.75) is 30.2 Å². The monoisotopic (exact) mass is 304 g/mol. The second-order valence-corrected chi connectivity index (χ2v) is 5.44. The van der Waals surface area contributed by atoms with Crippen molar-refractivity contribution in [3.63, 3.8) is 0 Å². The third kappa shape index (κ3) is 3.49. The zero-order chi connectivity index (χ0) is 15.4. The molecule has 0 atom stereocenters. The van der Waals surface area contributed by atoms with Crippen LogP contribution >= 0.6 is 11.8 Å². The number of aromatic nitrogens is 2. The van der Waals surface area contributed by atoms with E-state index in [0.29, 0.717) is 0 Å². The summed E-state index contributed by atoms with van der Waals surface area (Å²) in [5, 5.41) is 14.6. The number of anilines is 1. The van der Waals surface area contributed by atoms with Gasteiger partial charge in [0, 0.05) is 36.1 Å². The third-order valence-electron chi connectivity index (χ3n) is 2.96. The van der Waals surface area contributed by atoms with Gasteiger partial charge >= 0.3 is 0 Å². The number of nitrogens with one attached hydrogen (secondary N) is 1. The maximum atomic E-state index is 10.7. The standard InChI is InChI=1S/C14H16N4O2S/c1-4-12-16-13(15-3)9(2)14(17-12)21-11-7-5-10(6-8-11)18(19)20/h5-8H,4H2,1-3H3,(H,15,16,17).